The maximum Gasteiger partial charge on any atom is 0.255 e. The summed E-state index contributed by atoms with van der Waals surface area (Å²) in [6.07, 6.45) is 1.80. The highest BCUT2D eigenvalue weighted by Gasteiger charge is 2.21. The number of imidazole rings is 1. The summed E-state index contributed by atoms with van der Waals surface area (Å²) in [5.74, 6) is 0.776. The fourth-order valence-electron chi connectivity index (χ4n) is 3.98. The lowest BCUT2D eigenvalue weighted by molar-refractivity contribution is 0.0302. The SMILES string of the molecule is O=C(c1ccc2nc(-c3ccccc3O)c(NCc3cccc(Cl)c3)n2c1)N1CCOCC1. The van der Waals surface area contributed by atoms with Gasteiger partial charge < -0.3 is 20.1 Å². The van der Waals surface area contributed by atoms with Crippen LogP contribution in [-0.4, -0.2) is 51.6 Å². The lowest BCUT2D eigenvalue weighted by atomic mass is 10.1. The van der Waals surface area contributed by atoms with Gasteiger partial charge in [-0.25, -0.2) is 4.98 Å². The van der Waals surface area contributed by atoms with Crippen molar-refractivity contribution in [3.8, 4) is 17.0 Å². The number of nitrogens with zero attached hydrogens (tertiary/aromatic N) is 3. The number of rotatable bonds is 5. The fourth-order valence-corrected chi connectivity index (χ4v) is 4.20. The summed E-state index contributed by atoms with van der Waals surface area (Å²) in [6.45, 7) is 2.73. The number of aromatic hydroxyl groups is 1. The number of carbonyl (C=O) groups is 1. The lowest BCUT2D eigenvalue weighted by Gasteiger charge is -2.26. The molecule has 0 bridgehead atoms. The van der Waals surface area contributed by atoms with Gasteiger partial charge in [-0.05, 0) is 42.0 Å². The van der Waals surface area contributed by atoms with Gasteiger partial charge in [-0.1, -0.05) is 35.9 Å². The number of anilines is 1. The molecular formula is C25H23ClN4O3. The van der Waals surface area contributed by atoms with E-state index in [9.17, 15) is 9.90 Å². The number of ether oxygens (including phenoxy) is 1. The van der Waals surface area contributed by atoms with Crippen LogP contribution < -0.4 is 5.32 Å². The first-order chi connectivity index (χ1) is 16.1. The van der Waals surface area contributed by atoms with Gasteiger partial charge in [0.15, 0.2) is 0 Å². The van der Waals surface area contributed by atoms with Crippen molar-refractivity contribution in [2.45, 2.75) is 6.54 Å². The summed E-state index contributed by atoms with van der Waals surface area (Å²) in [6, 6.07) is 18.3. The van der Waals surface area contributed by atoms with Gasteiger partial charge in [0.2, 0.25) is 0 Å². The van der Waals surface area contributed by atoms with Crippen molar-refractivity contribution in [1.29, 1.82) is 0 Å². The number of pyridine rings is 1. The second-order valence-corrected chi connectivity index (χ2v) is 8.30. The molecule has 5 rings (SSSR count). The topological polar surface area (TPSA) is 79.1 Å². The second-order valence-electron chi connectivity index (χ2n) is 7.86. The molecule has 168 valence electrons. The van der Waals surface area contributed by atoms with Gasteiger partial charge in [0.05, 0.1) is 18.8 Å². The highest BCUT2D eigenvalue weighted by molar-refractivity contribution is 6.30. The van der Waals surface area contributed by atoms with Crippen molar-refractivity contribution in [2.24, 2.45) is 0 Å². The van der Waals surface area contributed by atoms with Gasteiger partial charge in [-0.3, -0.25) is 9.20 Å². The Morgan fingerprint density at radius 3 is 2.70 bits per heavy atom. The van der Waals surface area contributed by atoms with Crippen LogP contribution in [0.25, 0.3) is 16.9 Å². The number of phenolic OH excluding ortho intramolecular Hbond substituents is 1. The number of halogens is 1. The van der Waals surface area contributed by atoms with Crippen LogP contribution in [0.5, 0.6) is 5.75 Å². The number of carbonyl (C=O) groups excluding carboxylic acids is 1. The zero-order valence-electron chi connectivity index (χ0n) is 17.9. The van der Waals surface area contributed by atoms with E-state index in [0.717, 1.165) is 5.56 Å². The first-order valence-corrected chi connectivity index (χ1v) is 11.1. The molecule has 3 heterocycles. The van der Waals surface area contributed by atoms with E-state index in [4.69, 9.17) is 21.3 Å². The Balaban J connectivity index is 1.57. The molecular weight excluding hydrogens is 440 g/mol. The number of amides is 1. The minimum absolute atomic E-state index is 0.0428. The third-order valence-electron chi connectivity index (χ3n) is 5.67. The zero-order chi connectivity index (χ0) is 22.8. The van der Waals surface area contributed by atoms with Crippen LogP contribution in [0.3, 0.4) is 0 Å². The van der Waals surface area contributed by atoms with E-state index in [2.05, 4.69) is 5.32 Å². The van der Waals surface area contributed by atoms with Gasteiger partial charge in [-0.2, -0.15) is 0 Å². The standard InChI is InChI=1S/C25H23ClN4O3/c26-19-5-3-4-17(14-19)15-27-24-23(20-6-1-2-7-21(20)31)28-22-9-8-18(16-30(22)24)25(32)29-10-12-33-13-11-29/h1-9,14,16,27,31H,10-13,15H2. The maximum atomic E-state index is 13.1. The molecule has 7 nitrogen and oxygen atoms in total. The van der Waals surface area contributed by atoms with E-state index in [0.29, 0.717) is 66.2 Å². The number of para-hydroxylation sites is 1. The van der Waals surface area contributed by atoms with Crippen molar-refractivity contribution in [2.75, 3.05) is 31.6 Å². The lowest BCUT2D eigenvalue weighted by Crippen LogP contribution is -2.40. The molecule has 2 N–H and O–H groups in total. The molecule has 0 radical (unpaired) electrons. The molecule has 8 heteroatoms. The smallest absolute Gasteiger partial charge is 0.255 e. The Morgan fingerprint density at radius 2 is 1.91 bits per heavy atom. The van der Waals surface area contributed by atoms with E-state index in [1.165, 1.54) is 0 Å². The first kappa shape index (κ1) is 21.3. The summed E-state index contributed by atoms with van der Waals surface area (Å²) in [5, 5.41) is 14.6. The van der Waals surface area contributed by atoms with Crippen LogP contribution in [0.15, 0.2) is 66.9 Å². The molecule has 2 aromatic heterocycles. The molecule has 0 unspecified atom stereocenters. The highest BCUT2D eigenvalue weighted by Crippen LogP contribution is 2.35. The predicted octanol–water partition coefficient (Wildman–Crippen LogP) is 4.44. The van der Waals surface area contributed by atoms with E-state index in [1.807, 2.05) is 46.9 Å². The van der Waals surface area contributed by atoms with Crippen molar-refractivity contribution in [1.82, 2.24) is 14.3 Å². The highest BCUT2D eigenvalue weighted by atomic mass is 35.5. The minimum atomic E-state index is -0.0428. The average molecular weight is 463 g/mol. The molecule has 0 saturated carbocycles. The minimum Gasteiger partial charge on any atom is -0.507 e. The second kappa shape index (κ2) is 9.13. The van der Waals surface area contributed by atoms with E-state index < -0.39 is 0 Å². The molecule has 0 spiro atoms. The maximum absolute atomic E-state index is 13.1. The molecule has 2 aromatic carbocycles. The summed E-state index contributed by atoms with van der Waals surface area (Å²) >= 11 is 6.15. The summed E-state index contributed by atoms with van der Waals surface area (Å²) in [7, 11) is 0. The molecule has 1 aliphatic heterocycles. The largest absolute Gasteiger partial charge is 0.507 e. The number of morpholine rings is 1. The van der Waals surface area contributed by atoms with Crippen LogP contribution in [0, 0.1) is 0 Å². The van der Waals surface area contributed by atoms with Crippen molar-refractivity contribution >= 4 is 29.0 Å². The normalized spacial score (nSPS) is 13.9. The quantitative estimate of drug-likeness (QED) is 0.458. The number of phenols is 1. The van der Waals surface area contributed by atoms with Crippen LogP contribution >= 0.6 is 11.6 Å². The summed E-state index contributed by atoms with van der Waals surface area (Å²) in [5.41, 5.74) is 3.44. The average Bonchev–Trinajstić information content (AvgIpc) is 3.20. The molecule has 1 saturated heterocycles. The number of fused-ring (bicyclic) bond motifs is 1. The third-order valence-corrected chi connectivity index (χ3v) is 5.91. The van der Waals surface area contributed by atoms with Crippen LogP contribution in [-0.2, 0) is 11.3 Å². The summed E-state index contributed by atoms with van der Waals surface area (Å²) < 4.78 is 7.23. The van der Waals surface area contributed by atoms with E-state index in [-0.39, 0.29) is 11.7 Å². The first-order valence-electron chi connectivity index (χ1n) is 10.8. The van der Waals surface area contributed by atoms with Gasteiger partial charge in [-0.15, -0.1) is 0 Å². The summed E-state index contributed by atoms with van der Waals surface area (Å²) in [4.78, 5) is 19.6. The Kier molecular flexibility index (Phi) is 5.90. The zero-order valence-corrected chi connectivity index (χ0v) is 18.6. The number of aromatic nitrogens is 2. The number of hydrogen-bond acceptors (Lipinski definition) is 5. The van der Waals surface area contributed by atoms with Crippen LogP contribution in [0.2, 0.25) is 5.02 Å². The van der Waals surface area contributed by atoms with Crippen molar-refractivity contribution < 1.29 is 14.6 Å². The molecule has 33 heavy (non-hydrogen) atoms. The van der Waals surface area contributed by atoms with Crippen molar-refractivity contribution in [3.63, 3.8) is 0 Å². The molecule has 1 aliphatic rings. The van der Waals surface area contributed by atoms with Crippen LogP contribution in [0.4, 0.5) is 5.82 Å². The van der Waals surface area contributed by atoms with Crippen molar-refractivity contribution in [3.05, 3.63) is 83.0 Å². The molecule has 1 fully saturated rings. The molecule has 1 amide bonds. The Morgan fingerprint density at radius 1 is 1.09 bits per heavy atom. The fraction of sp³-hybridized carbons (Fsp3) is 0.200. The number of nitrogens with one attached hydrogen (secondary N) is 1. The van der Waals surface area contributed by atoms with E-state index >= 15 is 0 Å². The Bertz CT molecular complexity index is 1310. The molecule has 4 aromatic rings. The van der Waals surface area contributed by atoms with Gasteiger partial charge in [0.1, 0.15) is 22.9 Å². The third kappa shape index (κ3) is 4.37. The van der Waals surface area contributed by atoms with Gasteiger partial charge in [0, 0.05) is 36.4 Å². The molecule has 0 aliphatic carbocycles. The van der Waals surface area contributed by atoms with Crippen LogP contribution in [0.1, 0.15) is 15.9 Å². The number of benzene rings is 2. The Labute approximate surface area is 196 Å². The van der Waals surface area contributed by atoms with E-state index in [1.54, 1.807) is 29.3 Å². The number of hydrogen-bond donors (Lipinski definition) is 2. The van der Waals surface area contributed by atoms with Gasteiger partial charge >= 0.3 is 0 Å². The monoisotopic (exact) mass is 462 g/mol. The predicted molar refractivity (Wildman–Crippen MR) is 128 cm³/mol. The Hall–Kier alpha value is -3.55. The van der Waals surface area contributed by atoms with Gasteiger partial charge in [0.25, 0.3) is 5.91 Å². The molecule has 0 atom stereocenters.